The highest BCUT2D eigenvalue weighted by Crippen LogP contribution is 2.57. The number of rotatable bonds is 27. The summed E-state index contributed by atoms with van der Waals surface area (Å²) in [5.41, 5.74) is 0.981. The van der Waals surface area contributed by atoms with Crippen LogP contribution in [0.2, 0.25) is 36.3 Å². The quantitative estimate of drug-likeness (QED) is 0.0375. The summed E-state index contributed by atoms with van der Waals surface area (Å²) in [4.78, 5) is 0. The molecule has 0 aliphatic rings. The lowest BCUT2D eigenvalue weighted by atomic mass is 10.3. The summed E-state index contributed by atoms with van der Waals surface area (Å²) < 4.78 is 35.8. The van der Waals surface area contributed by atoms with Crippen LogP contribution < -0.4 is 36.0 Å². The first-order chi connectivity index (χ1) is 29.8. The maximum Gasteiger partial charge on any atom is 0.132 e. The number of halogens is 2. The summed E-state index contributed by atoms with van der Waals surface area (Å²) in [5, 5.41) is 6.65. The lowest BCUT2D eigenvalue weighted by Crippen LogP contribution is -2.48. The van der Waals surface area contributed by atoms with E-state index < -0.39 is 32.3 Å². The van der Waals surface area contributed by atoms with Crippen molar-refractivity contribution >= 4 is 69.6 Å². The van der Waals surface area contributed by atoms with E-state index in [4.69, 9.17) is 0 Å². The summed E-state index contributed by atoms with van der Waals surface area (Å²) in [5.74, 6) is -0.429. The molecule has 5 aromatic rings. The van der Waals surface area contributed by atoms with Gasteiger partial charge in [-0.15, -0.1) is 0 Å². The van der Waals surface area contributed by atoms with Gasteiger partial charge in [0.05, 0.1) is 32.3 Å². The fourth-order valence-corrected chi connectivity index (χ4v) is 26.5. The number of hydrogen-bond donors (Lipinski definition) is 0. The minimum absolute atomic E-state index is 0.214. The predicted octanol–water partition coefficient (Wildman–Crippen LogP) is 15.0. The summed E-state index contributed by atoms with van der Waals surface area (Å²) >= 11 is 0. The average molecular weight is 894 g/mol. The number of unbranched alkanes of at least 4 members (excludes halogenated alkanes) is 6. The molecule has 0 radical (unpaired) electrons. The first-order valence-electron chi connectivity index (χ1n) is 24.0. The molecule has 0 heterocycles. The van der Waals surface area contributed by atoms with E-state index in [-0.39, 0.29) is 11.6 Å². The maximum absolute atomic E-state index is 16.7. The zero-order valence-electron chi connectivity index (χ0n) is 38.4. The Hall–Kier alpha value is -2.95. The van der Waals surface area contributed by atoms with Gasteiger partial charge in [-0.3, -0.25) is 0 Å². The molecule has 0 saturated carbocycles. The second-order valence-electron chi connectivity index (χ2n) is 17.4. The molecule has 0 aromatic heterocycles. The van der Waals surface area contributed by atoms with Gasteiger partial charge >= 0.3 is 0 Å². The largest absolute Gasteiger partial charge is 0.313 e. The van der Waals surface area contributed by atoms with Crippen LogP contribution in [0.5, 0.6) is 0 Å². The van der Waals surface area contributed by atoms with E-state index in [1.807, 2.05) is 30.3 Å². The summed E-state index contributed by atoms with van der Waals surface area (Å²) in [6.45, 7) is 14.0. The van der Waals surface area contributed by atoms with Gasteiger partial charge < -0.3 is 4.44 Å². The molecular formula is C54H75F2NP2Si2. The Bertz CT molecular complexity index is 1820. The van der Waals surface area contributed by atoms with E-state index in [1.165, 1.54) is 113 Å². The molecule has 0 bridgehead atoms. The summed E-state index contributed by atoms with van der Waals surface area (Å²) in [7, 11) is -6.56. The van der Waals surface area contributed by atoms with Crippen molar-refractivity contribution in [3.63, 3.8) is 0 Å². The van der Waals surface area contributed by atoms with E-state index in [2.05, 4.69) is 119 Å². The van der Waals surface area contributed by atoms with Crippen LogP contribution in [0.3, 0.4) is 0 Å². The number of anilines is 1. The van der Waals surface area contributed by atoms with E-state index in [0.717, 1.165) is 16.3 Å². The van der Waals surface area contributed by atoms with Gasteiger partial charge in [0.2, 0.25) is 0 Å². The Labute approximate surface area is 374 Å². The minimum atomic E-state index is -1.78. The van der Waals surface area contributed by atoms with Crippen LogP contribution in [0.15, 0.2) is 127 Å². The molecule has 7 heteroatoms. The van der Waals surface area contributed by atoms with Crippen LogP contribution in [-0.4, -0.2) is 16.1 Å². The van der Waals surface area contributed by atoms with Crippen molar-refractivity contribution in [3.8, 4) is 0 Å². The first kappa shape index (κ1) is 49.1. The van der Waals surface area contributed by atoms with Crippen molar-refractivity contribution in [1.82, 2.24) is 0 Å². The van der Waals surface area contributed by atoms with Crippen molar-refractivity contribution in [2.75, 3.05) is 4.44 Å². The van der Waals surface area contributed by atoms with Crippen molar-refractivity contribution in [2.45, 2.75) is 155 Å². The summed E-state index contributed by atoms with van der Waals surface area (Å²) in [6.07, 6.45) is 15.0. The van der Waals surface area contributed by atoms with Gasteiger partial charge in [0, 0.05) is 26.9 Å². The Morgan fingerprint density at radius 3 is 0.967 bits per heavy atom. The standard InChI is InChI=1S/C54H75F2NP2Si2/c1-7-13-40-60(41-14-8-2,42-15-9-3)49-36-32-47(33-37-49)58(53-30-24-22-28-51(53)55)57(46-26-20-19-21-27-46)59(54-31-25-23-29-52(54)56)48-34-38-50(39-35-48)61(43-16-10-4,44-17-11-5)45-18-12-6/h19-39H,7-18,40-45H2,1-6H3. The molecule has 2 atom stereocenters. The Morgan fingerprint density at radius 2 is 0.672 bits per heavy atom. The molecular weight excluding hydrogens is 819 g/mol. The highest BCUT2D eigenvalue weighted by molar-refractivity contribution is 7.90. The molecule has 1 nitrogen and oxygen atoms in total. The highest BCUT2D eigenvalue weighted by Gasteiger charge is 2.38. The fraction of sp³-hybridized carbons (Fsp3) is 0.444. The van der Waals surface area contributed by atoms with Crippen LogP contribution in [0.4, 0.5) is 14.5 Å². The van der Waals surface area contributed by atoms with E-state index in [9.17, 15) is 0 Å². The zero-order valence-corrected chi connectivity index (χ0v) is 42.2. The minimum Gasteiger partial charge on any atom is -0.313 e. The van der Waals surface area contributed by atoms with Crippen molar-refractivity contribution in [3.05, 3.63) is 139 Å². The van der Waals surface area contributed by atoms with Gasteiger partial charge in [-0.2, -0.15) is 0 Å². The predicted molar refractivity (Wildman–Crippen MR) is 276 cm³/mol. The van der Waals surface area contributed by atoms with Crippen molar-refractivity contribution < 1.29 is 8.78 Å². The van der Waals surface area contributed by atoms with Gasteiger partial charge in [-0.25, -0.2) is 8.78 Å². The van der Waals surface area contributed by atoms with Crippen LogP contribution in [-0.2, 0) is 0 Å². The summed E-state index contributed by atoms with van der Waals surface area (Å²) in [6, 6.07) is 52.2. The molecule has 5 aromatic carbocycles. The normalized spacial score (nSPS) is 13.0. The van der Waals surface area contributed by atoms with E-state index >= 15 is 8.78 Å². The van der Waals surface area contributed by atoms with E-state index in [1.54, 1.807) is 34.6 Å². The molecule has 2 unspecified atom stereocenters. The molecule has 0 fully saturated rings. The molecule has 5 rings (SSSR count). The van der Waals surface area contributed by atoms with Gasteiger partial charge in [0.15, 0.2) is 0 Å². The fourth-order valence-electron chi connectivity index (χ4n) is 9.45. The zero-order chi connectivity index (χ0) is 43.5. The molecule has 0 saturated heterocycles. The smallest absolute Gasteiger partial charge is 0.132 e. The average Bonchev–Trinajstić information content (AvgIpc) is 3.30. The maximum atomic E-state index is 16.7. The second kappa shape index (κ2) is 25.4. The van der Waals surface area contributed by atoms with E-state index in [0.29, 0.717) is 10.6 Å². The number of nitrogens with zero attached hydrogens (tertiary/aromatic N) is 1. The van der Waals surface area contributed by atoms with Crippen LogP contribution in [0, 0.1) is 11.6 Å². The van der Waals surface area contributed by atoms with Gasteiger partial charge in [0.1, 0.15) is 11.6 Å². The molecule has 0 aliphatic heterocycles. The number of para-hydroxylation sites is 1. The van der Waals surface area contributed by atoms with Gasteiger partial charge in [-0.05, 0) is 36.4 Å². The first-order valence-corrected chi connectivity index (χ1v) is 31.8. The molecule has 328 valence electrons. The van der Waals surface area contributed by atoms with Crippen molar-refractivity contribution in [2.24, 2.45) is 0 Å². The lowest BCUT2D eigenvalue weighted by Gasteiger charge is -2.41. The van der Waals surface area contributed by atoms with Gasteiger partial charge in [-0.1, -0.05) is 256 Å². The molecule has 0 N–H and O–H groups in total. The molecule has 0 amide bonds. The Balaban J connectivity index is 1.76. The lowest BCUT2D eigenvalue weighted by molar-refractivity contribution is 0.636. The van der Waals surface area contributed by atoms with Crippen LogP contribution in [0.25, 0.3) is 0 Å². The monoisotopic (exact) mass is 893 g/mol. The van der Waals surface area contributed by atoms with Crippen molar-refractivity contribution in [1.29, 1.82) is 0 Å². The third-order valence-corrected chi connectivity index (χ3v) is 29.5. The third-order valence-electron chi connectivity index (χ3n) is 13.0. The number of benzene rings is 5. The Kier molecular flexibility index (Phi) is 20.4. The molecule has 61 heavy (non-hydrogen) atoms. The second-order valence-corrected chi connectivity index (χ2v) is 31.1. The third kappa shape index (κ3) is 12.6. The van der Waals surface area contributed by atoms with Crippen LogP contribution in [0.1, 0.15) is 119 Å². The topological polar surface area (TPSA) is 3.24 Å². The van der Waals surface area contributed by atoms with Gasteiger partial charge in [0.25, 0.3) is 0 Å². The van der Waals surface area contributed by atoms with Crippen LogP contribution >= 0.6 is 16.1 Å². The SMILES string of the molecule is CCCC[Si](CCCC)(CCCC)c1ccc(P(c2ccccc2F)N(c2ccccc2)P(c2ccc([Si](CCCC)(CCCC)CCCC)cc2)c2ccccc2F)cc1. The number of hydrogen-bond acceptors (Lipinski definition) is 1. The molecule has 0 aliphatic carbocycles. The Morgan fingerprint density at radius 1 is 0.377 bits per heavy atom. The molecule has 0 spiro atoms. The highest BCUT2D eigenvalue weighted by atomic mass is 31.2.